The minimum Gasteiger partial charge on any atom is -0.497 e. The van der Waals surface area contributed by atoms with E-state index in [4.69, 9.17) is 10.5 Å². The summed E-state index contributed by atoms with van der Waals surface area (Å²) < 4.78 is 6.55. The van der Waals surface area contributed by atoms with Gasteiger partial charge in [-0.1, -0.05) is 0 Å². The third-order valence-electron chi connectivity index (χ3n) is 3.41. The van der Waals surface area contributed by atoms with Crippen LogP contribution < -0.4 is 15.8 Å². The van der Waals surface area contributed by atoms with Crippen LogP contribution in [0.5, 0.6) is 5.75 Å². The summed E-state index contributed by atoms with van der Waals surface area (Å²) in [4.78, 5) is 23.6. The van der Waals surface area contributed by atoms with Gasteiger partial charge in [-0.25, -0.2) is 4.68 Å². The number of primary amides is 1. The van der Waals surface area contributed by atoms with E-state index >= 15 is 0 Å². The van der Waals surface area contributed by atoms with Crippen LogP contribution in [0.15, 0.2) is 24.3 Å². The van der Waals surface area contributed by atoms with Crippen molar-refractivity contribution in [2.45, 2.75) is 6.42 Å². The van der Waals surface area contributed by atoms with Crippen LogP contribution >= 0.6 is 0 Å². The lowest BCUT2D eigenvalue weighted by molar-refractivity contribution is 0.0938. The quantitative estimate of drug-likeness (QED) is 0.845. The number of nitrogens with one attached hydrogen (secondary N) is 1. The molecule has 108 valence electrons. The number of nitrogens with zero attached hydrogens (tertiary/aromatic N) is 2. The number of hydrogen-bond donors (Lipinski definition) is 2. The van der Waals surface area contributed by atoms with E-state index in [-0.39, 0.29) is 11.6 Å². The number of carbonyl (C=O) groups excluding carboxylic acids is 2. The van der Waals surface area contributed by atoms with Crippen molar-refractivity contribution in [1.82, 2.24) is 15.1 Å². The summed E-state index contributed by atoms with van der Waals surface area (Å²) in [7, 11) is 1.57. The molecule has 0 fully saturated rings. The number of aromatic nitrogens is 2. The smallest absolute Gasteiger partial charge is 0.270 e. The molecular weight excluding hydrogens is 272 g/mol. The normalized spacial score (nSPS) is 13.5. The lowest BCUT2D eigenvalue weighted by atomic mass is 10.0. The summed E-state index contributed by atoms with van der Waals surface area (Å²) in [6.45, 7) is 0.473. The van der Waals surface area contributed by atoms with Crippen LogP contribution in [0, 0.1) is 0 Å². The summed E-state index contributed by atoms with van der Waals surface area (Å²) in [6.07, 6.45) is 0.537. The Labute approximate surface area is 120 Å². The number of fused-ring (bicyclic) bond motifs is 1. The molecule has 0 atom stereocenters. The fourth-order valence-corrected chi connectivity index (χ4v) is 2.41. The van der Waals surface area contributed by atoms with E-state index in [1.165, 1.54) is 4.68 Å². The Balaban J connectivity index is 2.17. The molecule has 21 heavy (non-hydrogen) atoms. The van der Waals surface area contributed by atoms with Crippen molar-refractivity contribution in [1.29, 1.82) is 0 Å². The number of nitrogens with two attached hydrogens (primary N) is 1. The molecule has 3 rings (SSSR count). The van der Waals surface area contributed by atoms with Gasteiger partial charge in [-0.05, 0) is 30.7 Å². The molecule has 0 aliphatic carbocycles. The highest BCUT2D eigenvalue weighted by Crippen LogP contribution is 2.23. The highest BCUT2D eigenvalue weighted by molar-refractivity contribution is 6.01. The first-order valence-corrected chi connectivity index (χ1v) is 6.46. The molecule has 1 aliphatic heterocycles. The SMILES string of the molecule is COc1ccc(-n2nc(C(N)=O)c3c2C(=O)NCC3)cc1. The molecule has 0 spiro atoms. The largest absolute Gasteiger partial charge is 0.497 e. The van der Waals surface area contributed by atoms with Gasteiger partial charge in [0.1, 0.15) is 11.4 Å². The van der Waals surface area contributed by atoms with Gasteiger partial charge in [0.15, 0.2) is 5.69 Å². The molecule has 0 bridgehead atoms. The standard InChI is InChI=1S/C14H14N4O3/c1-21-9-4-2-8(3-5-9)18-12-10(6-7-16-14(12)20)11(17-18)13(15)19/h2-5H,6-7H2,1H3,(H2,15,19)(H,16,20). The molecule has 3 N–H and O–H groups in total. The second kappa shape index (κ2) is 4.93. The summed E-state index contributed by atoms with van der Waals surface area (Å²) in [5.74, 6) is -0.195. The highest BCUT2D eigenvalue weighted by Gasteiger charge is 2.29. The van der Waals surface area contributed by atoms with Crippen molar-refractivity contribution in [3.05, 3.63) is 41.2 Å². The predicted octanol–water partition coefficient (Wildman–Crippen LogP) is 0.266. The second-order valence-electron chi connectivity index (χ2n) is 4.66. The number of amides is 2. The summed E-state index contributed by atoms with van der Waals surface area (Å²) in [5.41, 5.74) is 7.13. The maximum absolute atomic E-state index is 12.1. The highest BCUT2D eigenvalue weighted by atomic mass is 16.5. The number of methoxy groups -OCH3 is 1. The topological polar surface area (TPSA) is 99.2 Å². The predicted molar refractivity (Wildman–Crippen MR) is 74.7 cm³/mol. The molecule has 2 aromatic rings. The maximum atomic E-state index is 12.1. The van der Waals surface area contributed by atoms with Crippen molar-refractivity contribution >= 4 is 11.8 Å². The molecule has 7 heteroatoms. The molecule has 0 saturated carbocycles. The molecule has 1 aliphatic rings. The lowest BCUT2D eigenvalue weighted by Crippen LogP contribution is -2.33. The van der Waals surface area contributed by atoms with Crippen LogP contribution in [-0.2, 0) is 6.42 Å². The molecule has 7 nitrogen and oxygen atoms in total. The van der Waals surface area contributed by atoms with Crippen LogP contribution in [0.3, 0.4) is 0 Å². The van der Waals surface area contributed by atoms with E-state index in [0.29, 0.717) is 35.7 Å². The number of hydrogen-bond acceptors (Lipinski definition) is 4. The third kappa shape index (κ3) is 2.12. The Morgan fingerprint density at radius 2 is 2.10 bits per heavy atom. The molecule has 0 saturated heterocycles. The van der Waals surface area contributed by atoms with E-state index < -0.39 is 5.91 Å². The Hall–Kier alpha value is -2.83. The van der Waals surface area contributed by atoms with Crippen molar-refractivity contribution in [3.63, 3.8) is 0 Å². The van der Waals surface area contributed by atoms with Gasteiger partial charge in [0, 0.05) is 12.1 Å². The molecular formula is C14H14N4O3. The molecule has 1 aromatic carbocycles. The second-order valence-corrected chi connectivity index (χ2v) is 4.66. The van der Waals surface area contributed by atoms with Gasteiger partial charge in [-0.15, -0.1) is 0 Å². The number of ether oxygens (including phenoxy) is 1. The van der Waals surface area contributed by atoms with Crippen LogP contribution in [0.1, 0.15) is 26.5 Å². The fourth-order valence-electron chi connectivity index (χ4n) is 2.41. The van der Waals surface area contributed by atoms with E-state index in [2.05, 4.69) is 10.4 Å². The van der Waals surface area contributed by atoms with E-state index in [9.17, 15) is 9.59 Å². The Morgan fingerprint density at radius 1 is 1.38 bits per heavy atom. The van der Waals surface area contributed by atoms with Crippen LogP contribution in [0.25, 0.3) is 5.69 Å². The summed E-state index contributed by atoms with van der Waals surface area (Å²) in [6, 6.07) is 7.04. The Morgan fingerprint density at radius 3 is 2.71 bits per heavy atom. The summed E-state index contributed by atoms with van der Waals surface area (Å²) >= 11 is 0. The Kier molecular flexibility index (Phi) is 3.09. The zero-order valence-electron chi connectivity index (χ0n) is 11.4. The van der Waals surface area contributed by atoms with Crippen molar-refractivity contribution in [3.8, 4) is 11.4 Å². The molecule has 0 unspecified atom stereocenters. The molecule has 1 aromatic heterocycles. The fraction of sp³-hybridized carbons (Fsp3) is 0.214. The van der Waals surface area contributed by atoms with Gasteiger partial charge >= 0.3 is 0 Å². The van der Waals surface area contributed by atoms with Gasteiger partial charge in [-0.3, -0.25) is 9.59 Å². The maximum Gasteiger partial charge on any atom is 0.270 e. The van der Waals surface area contributed by atoms with E-state index in [1.807, 2.05) is 0 Å². The lowest BCUT2D eigenvalue weighted by Gasteiger charge is -2.14. The van der Waals surface area contributed by atoms with Gasteiger partial charge in [0.05, 0.1) is 12.8 Å². The van der Waals surface area contributed by atoms with E-state index in [0.717, 1.165) is 0 Å². The molecule has 2 amide bonds. The average Bonchev–Trinajstić information content (AvgIpc) is 2.88. The van der Waals surface area contributed by atoms with Gasteiger partial charge < -0.3 is 15.8 Å². The molecule has 0 radical (unpaired) electrons. The number of benzene rings is 1. The zero-order chi connectivity index (χ0) is 15.0. The Bertz CT molecular complexity index is 719. The van der Waals surface area contributed by atoms with Crippen LogP contribution in [0.4, 0.5) is 0 Å². The van der Waals surface area contributed by atoms with Gasteiger partial charge in [-0.2, -0.15) is 5.10 Å². The first-order valence-electron chi connectivity index (χ1n) is 6.46. The number of rotatable bonds is 3. The third-order valence-corrected chi connectivity index (χ3v) is 3.41. The monoisotopic (exact) mass is 286 g/mol. The van der Waals surface area contributed by atoms with Crippen molar-refractivity contribution in [2.24, 2.45) is 5.73 Å². The van der Waals surface area contributed by atoms with Crippen LogP contribution in [-0.4, -0.2) is 35.2 Å². The van der Waals surface area contributed by atoms with Crippen molar-refractivity contribution in [2.75, 3.05) is 13.7 Å². The zero-order valence-corrected chi connectivity index (χ0v) is 11.4. The first-order chi connectivity index (χ1) is 10.1. The average molecular weight is 286 g/mol. The van der Waals surface area contributed by atoms with Crippen LogP contribution in [0.2, 0.25) is 0 Å². The van der Waals surface area contributed by atoms with Gasteiger partial charge in [0.25, 0.3) is 11.8 Å². The summed E-state index contributed by atoms with van der Waals surface area (Å²) in [5, 5.41) is 6.95. The minimum absolute atomic E-state index is 0.149. The number of carbonyl (C=O) groups is 2. The van der Waals surface area contributed by atoms with E-state index in [1.54, 1.807) is 31.4 Å². The minimum atomic E-state index is -0.631. The van der Waals surface area contributed by atoms with Crippen molar-refractivity contribution < 1.29 is 14.3 Å². The molecule has 2 heterocycles. The van der Waals surface area contributed by atoms with Gasteiger partial charge in [0.2, 0.25) is 0 Å². The first kappa shape index (κ1) is 13.2.